The Hall–Kier alpha value is -3.71. The molecule has 4 heterocycles. The number of aromatic nitrogens is 6. The number of halogens is 1. The van der Waals surface area contributed by atoms with Gasteiger partial charge in [-0.05, 0) is 53.1 Å². The van der Waals surface area contributed by atoms with Crippen molar-refractivity contribution in [1.29, 1.82) is 0 Å². The Bertz CT molecular complexity index is 1340. The monoisotopic (exact) mass is 415 g/mol. The maximum absolute atomic E-state index is 6.10. The third-order valence-corrected chi connectivity index (χ3v) is 5.14. The van der Waals surface area contributed by atoms with E-state index in [2.05, 4.69) is 31.7 Å². The maximum atomic E-state index is 6.10. The van der Waals surface area contributed by atoms with Crippen LogP contribution in [0.3, 0.4) is 0 Å². The van der Waals surface area contributed by atoms with Crippen LogP contribution in [0.25, 0.3) is 16.8 Å². The van der Waals surface area contributed by atoms with Gasteiger partial charge in [-0.2, -0.15) is 5.10 Å². The van der Waals surface area contributed by atoms with Gasteiger partial charge in [0.25, 0.3) is 0 Å². The van der Waals surface area contributed by atoms with Gasteiger partial charge >= 0.3 is 0 Å². The zero-order valence-electron chi connectivity index (χ0n) is 16.2. The first-order valence-electron chi connectivity index (χ1n) is 9.45. The van der Waals surface area contributed by atoms with Crippen LogP contribution in [0.5, 0.6) is 0 Å². The first kappa shape index (κ1) is 18.3. The zero-order chi connectivity index (χ0) is 20.5. The molecule has 0 aliphatic heterocycles. The Labute approximate surface area is 178 Å². The number of hydrogen-bond donors (Lipinski definition) is 1. The third-order valence-electron chi connectivity index (χ3n) is 4.90. The molecule has 8 heteroatoms. The molecule has 7 nitrogen and oxygen atoms in total. The molecule has 0 spiro atoms. The molecule has 0 atom stereocenters. The fourth-order valence-corrected chi connectivity index (χ4v) is 3.59. The summed E-state index contributed by atoms with van der Waals surface area (Å²) in [5.74, 6) is 2.49. The fraction of sp³-hybridized carbons (Fsp3) is 0.0909. The number of aryl methyl sites for hydroxylation is 1. The van der Waals surface area contributed by atoms with Gasteiger partial charge in [0.15, 0.2) is 5.65 Å². The Morgan fingerprint density at radius 2 is 1.87 bits per heavy atom. The number of nitrogens with one attached hydrogen (secondary N) is 1. The quantitative estimate of drug-likeness (QED) is 0.457. The van der Waals surface area contributed by atoms with E-state index in [1.54, 1.807) is 17.1 Å². The van der Waals surface area contributed by atoms with E-state index in [4.69, 9.17) is 11.6 Å². The first-order chi connectivity index (χ1) is 14.7. The van der Waals surface area contributed by atoms with Crippen molar-refractivity contribution in [2.24, 2.45) is 7.05 Å². The van der Waals surface area contributed by atoms with Crippen molar-refractivity contribution in [1.82, 2.24) is 29.4 Å². The highest BCUT2D eigenvalue weighted by molar-refractivity contribution is 6.30. The minimum absolute atomic E-state index is 0.662. The first-order valence-corrected chi connectivity index (χ1v) is 9.83. The zero-order valence-corrected chi connectivity index (χ0v) is 17.0. The molecule has 0 aliphatic rings. The molecule has 4 aromatic heterocycles. The summed E-state index contributed by atoms with van der Waals surface area (Å²) < 4.78 is 3.76. The van der Waals surface area contributed by atoms with Crippen LogP contribution in [0.4, 0.5) is 11.6 Å². The molecule has 5 aromatic rings. The molecule has 0 fully saturated rings. The lowest BCUT2D eigenvalue weighted by atomic mass is 10.1. The lowest BCUT2D eigenvalue weighted by molar-refractivity contribution is 0.776. The molecule has 0 saturated carbocycles. The third kappa shape index (κ3) is 3.62. The van der Waals surface area contributed by atoms with Gasteiger partial charge in [-0.25, -0.2) is 4.98 Å². The van der Waals surface area contributed by atoms with Crippen LogP contribution in [-0.2, 0) is 13.5 Å². The second kappa shape index (κ2) is 7.61. The maximum Gasteiger partial charge on any atom is 0.161 e. The summed E-state index contributed by atoms with van der Waals surface area (Å²) in [6, 6.07) is 17.8. The van der Waals surface area contributed by atoms with Crippen molar-refractivity contribution in [2.75, 3.05) is 5.32 Å². The molecule has 148 valence electrons. The molecule has 0 unspecified atom stereocenters. The topological polar surface area (TPSA) is 72.9 Å². The molecule has 5 rings (SSSR count). The average molecular weight is 416 g/mol. The number of fused-ring (bicyclic) bond motifs is 1. The van der Waals surface area contributed by atoms with Gasteiger partial charge in [-0.1, -0.05) is 23.7 Å². The van der Waals surface area contributed by atoms with E-state index in [1.807, 2.05) is 66.2 Å². The summed E-state index contributed by atoms with van der Waals surface area (Å²) >= 11 is 6.10. The Balaban J connectivity index is 1.43. The summed E-state index contributed by atoms with van der Waals surface area (Å²) in [5.41, 5.74) is 3.97. The second-order valence-corrected chi connectivity index (χ2v) is 7.40. The largest absolute Gasteiger partial charge is 0.325 e. The van der Waals surface area contributed by atoms with Crippen LogP contribution in [0.1, 0.15) is 11.4 Å². The minimum atomic E-state index is 0.662. The molecule has 1 N–H and O–H groups in total. The number of hydrogen-bond acceptors (Lipinski definition) is 5. The van der Waals surface area contributed by atoms with Crippen LogP contribution in [-0.4, -0.2) is 29.4 Å². The van der Waals surface area contributed by atoms with E-state index in [-0.39, 0.29) is 0 Å². The van der Waals surface area contributed by atoms with Gasteiger partial charge in [-0.3, -0.25) is 9.08 Å². The van der Waals surface area contributed by atoms with Gasteiger partial charge in [0.1, 0.15) is 17.5 Å². The number of pyridine rings is 2. The van der Waals surface area contributed by atoms with Crippen molar-refractivity contribution >= 4 is 28.9 Å². The highest BCUT2D eigenvalue weighted by Crippen LogP contribution is 2.24. The number of benzene rings is 1. The molecule has 1 aromatic carbocycles. The van der Waals surface area contributed by atoms with Crippen LogP contribution in [0.15, 0.2) is 73.2 Å². The lowest BCUT2D eigenvalue weighted by Crippen LogP contribution is -2.00. The van der Waals surface area contributed by atoms with Crippen molar-refractivity contribution in [3.8, 4) is 11.1 Å². The Kier molecular flexibility index (Phi) is 4.65. The molecule has 30 heavy (non-hydrogen) atoms. The predicted molar refractivity (Wildman–Crippen MR) is 117 cm³/mol. The van der Waals surface area contributed by atoms with Gasteiger partial charge in [0.05, 0.1) is 6.20 Å². The van der Waals surface area contributed by atoms with Crippen molar-refractivity contribution < 1.29 is 0 Å². The number of rotatable bonds is 5. The lowest BCUT2D eigenvalue weighted by Gasteiger charge is -2.08. The van der Waals surface area contributed by atoms with Crippen LogP contribution < -0.4 is 5.32 Å². The van der Waals surface area contributed by atoms with Crippen LogP contribution in [0.2, 0.25) is 5.02 Å². The molecule has 0 radical (unpaired) electrons. The highest BCUT2D eigenvalue weighted by Gasteiger charge is 2.09. The Morgan fingerprint density at radius 1 is 0.967 bits per heavy atom. The molecule has 0 aliphatic carbocycles. The highest BCUT2D eigenvalue weighted by atomic mass is 35.5. The Morgan fingerprint density at radius 3 is 2.70 bits per heavy atom. The van der Waals surface area contributed by atoms with E-state index < -0.39 is 0 Å². The van der Waals surface area contributed by atoms with Gasteiger partial charge in [-0.15, -0.1) is 10.2 Å². The molecular formula is C22H18ClN7. The molecule has 0 amide bonds. The van der Waals surface area contributed by atoms with Crippen LogP contribution in [0, 0.1) is 0 Å². The summed E-state index contributed by atoms with van der Waals surface area (Å²) in [4.78, 5) is 4.41. The number of anilines is 2. The smallest absolute Gasteiger partial charge is 0.161 e. The predicted octanol–water partition coefficient (Wildman–Crippen LogP) is 4.51. The van der Waals surface area contributed by atoms with Gasteiger partial charge < -0.3 is 5.32 Å². The van der Waals surface area contributed by atoms with Crippen molar-refractivity contribution in [3.63, 3.8) is 0 Å². The summed E-state index contributed by atoms with van der Waals surface area (Å²) in [6.07, 6.45) is 6.19. The van der Waals surface area contributed by atoms with Crippen molar-refractivity contribution in [3.05, 3.63) is 89.6 Å². The second-order valence-electron chi connectivity index (χ2n) is 6.96. The SMILES string of the molecule is Cn1nccc1Nc1cc(-c2ccn3c(Cc4cccc(Cl)c4)nnc3c2)ccn1. The van der Waals surface area contributed by atoms with E-state index in [1.165, 1.54) is 0 Å². The summed E-state index contributed by atoms with van der Waals surface area (Å²) in [5, 5.41) is 16.9. The number of nitrogens with zero attached hydrogens (tertiary/aromatic N) is 6. The van der Waals surface area contributed by atoms with E-state index >= 15 is 0 Å². The van der Waals surface area contributed by atoms with Crippen molar-refractivity contribution in [2.45, 2.75) is 6.42 Å². The average Bonchev–Trinajstić information content (AvgIpc) is 3.34. The standard InChI is InChI=1S/C22H18ClN7/c1-29-20(6-9-25-29)26-19-13-16(5-8-24-19)17-7-10-30-21(27-28-22(30)14-17)12-15-3-2-4-18(23)11-15/h2-11,13-14H,12H2,1H3,(H,24,26). The van der Waals surface area contributed by atoms with Gasteiger partial charge in [0, 0.05) is 37.0 Å². The minimum Gasteiger partial charge on any atom is -0.325 e. The molecule has 0 bridgehead atoms. The normalized spacial score (nSPS) is 11.1. The fourth-order valence-electron chi connectivity index (χ4n) is 3.38. The van der Waals surface area contributed by atoms with E-state index in [0.717, 1.165) is 44.8 Å². The van der Waals surface area contributed by atoms with E-state index in [0.29, 0.717) is 6.42 Å². The molecule has 0 saturated heterocycles. The van der Waals surface area contributed by atoms with E-state index in [9.17, 15) is 0 Å². The molecular weight excluding hydrogens is 398 g/mol. The van der Waals surface area contributed by atoms with Crippen LogP contribution >= 0.6 is 11.6 Å². The summed E-state index contributed by atoms with van der Waals surface area (Å²) in [6.45, 7) is 0. The summed E-state index contributed by atoms with van der Waals surface area (Å²) in [7, 11) is 1.88. The van der Waals surface area contributed by atoms with Gasteiger partial charge in [0.2, 0.25) is 0 Å².